The molecule has 12 heteroatoms. The minimum absolute atomic E-state index is 0.0531. The molecular formula is C28H29ClN6O4S. The number of hydrogen-bond donors (Lipinski definition) is 4. The molecule has 1 heterocycles. The van der Waals surface area contributed by atoms with Crippen LogP contribution in [0, 0.1) is 0 Å². The Kier molecular flexibility index (Phi) is 8.29. The normalized spacial score (nSPS) is 11.9. The van der Waals surface area contributed by atoms with Crippen molar-refractivity contribution in [3.05, 3.63) is 77.3 Å². The van der Waals surface area contributed by atoms with Gasteiger partial charge in [-0.3, -0.25) is 9.52 Å². The number of halogens is 1. The van der Waals surface area contributed by atoms with Crippen molar-refractivity contribution in [2.75, 3.05) is 22.5 Å². The summed E-state index contributed by atoms with van der Waals surface area (Å²) in [6.45, 7) is 5.00. The molecule has 5 N–H and O–H groups in total. The lowest BCUT2D eigenvalue weighted by molar-refractivity contribution is -0.120. The van der Waals surface area contributed by atoms with Crippen molar-refractivity contribution in [1.29, 1.82) is 0 Å². The van der Waals surface area contributed by atoms with Gasteiger partial charge in [0.1, 0.15) is 5.75 Å². The zero-order valence-corrected chi connectivity index (χ0v) is 23.9. The third kappa shape index (κ3) is 6.68. The molecule has 4 rings (SSSR count). The fraction of sp³-hybridized carbons (Fsp3) is 0.179. The summed E-state index contributed by atoms with van der Waals surface area (Å²) in [4.78, 5) is 21.4. The van der Waals surface area contributed by atoms with Crippen LogP contribution in [0.2, 0.25) is 5.02 Å². The molecule has 1 aromatic heterocycles. The number of nitrogens with two attached hydrogens (primary N) is 1. The van der Waals surface area contributed by atoms with Crippen LogP contribution in [0.15, 0.2) is 71.6 Å². The molecule has 0 fully saturated rings. The van der Waals surface area contributed by atoms with Crippen LogP contribution in [0.1, 0.15) is 26.3 Å². The maximum absolute atomic E-state index is 13.5. The molecular weight excluding hydrogens is 552 g/mol. The number of nitrogens with zero attached hydrogens (tertiary/aromatic N) is 2. The minimum Gasteiger partial charge on any atom is -0.497 e. The molecule has 0 aliphatic heterocycles. The number of fused-ring (bicyclic) bond motifs is 1. The molecule has 0 saturated heterocycles. The van der Waals surface area contributed by atoms with E-state index in [2.05, 4.69) is 25.3 Å². The van der Waals surface area contributed by atoms with E-state index in [0.717, 1.165) is 5.56 Å². The van der Waals surface area contributed by atoms with Crippen molar-refractivity contribution in [1.82, 2.24) is 9.97 Å². The molecule has 4 aromatic rings. The summed E-state index contributed by atoms with van der Waals surface area (Å²) in [5.41, 5.74) is 7.32. The average molecular weight is 581 g/mol. The van der Waals surface area contributed by atoms with E-state index in [9.17, 15) is 13.2 Å². The smallest absolute Gasteiger partial charge is 0.263 e. The second-order valence-corrected chi connectivity index (χ2v) is 11.5. The summed E-state index contributed by atoms with van der Waals surface area (Å²) in [5, 5.41) is 6.08. The molecule has 0 aliphatic rings. The van der Waals surface area contributed by atoms with E-state index in [1.165, 1.54) is 25.3 Å². The van der Waals surface area contributed by atoms with Crippen LogP contribution < -0.4 is 25.8 Å². The van der Waals surface area contributed by atoms with Crippen molar-refractivity contribution in [2.24, 2.45) is 5.73 Å². The van der Waals surface area contributed by atoms with Gasteiger partial charge in [0.25, 0.3) is 10.0 Å². The molecule has 1 amide bonds. The van der Waals surface area contributed by atoms with Crippen LogP contribution in [-0.4, -0.2) is 36.9 Å². The van der Waals surface area contributed by atoms with Gasteiger partial charge in [-0.25, -0.2) is 18.4 Å². The summed E-state index contributed by atoms with van der Waals surface area (Å²) in [7, 11) is -2.65. The fourth-order valence-electron chi connectivity index (χ4n) is 3.60. The average Bonchev–Trinajstić information content (AvgIpc) is 2.90. The van der Waals surface area contributed by atoms with Gasteiger partial charge in [-0.1, -0.05) is 35.9 Å². The molecule has 0 saturated carbocycles. The van der Waals surface area contributed by atoms with Gasteiger partial charge in [-0.2, -0.15) is 0 Å². The number of rotatable bonds is 9. The molecule has 0 unspecified atom stereocenters. The fourth-order valence-corrected chi connectivity index (χ4v) is 4.82. The number of anilines is 4. The summed E-state index contributed by atoms with van der Waals surface area (Å²) in [6, 6.07) is 16.3. The molecule has 40 heavy (non-hydrogen) atoms. The molecule has 0 spiro atoms. The first-order chi connectivity index (χ1) is 18.9. The summed E-state index contributed by atoms with van der Waals surface area (Å²) in [5.74, 6) is 0.146. The Labute approximate surface area is 237 Å². The monoisotopic (exact) mass is 580 g/mol. The van der Waals surface area contributed by atoms with Gasteiger partial charge in [-0.15, -0.1) is 0 Å². The number of nitrogens with one attached hydrogen (secondary N) is 3. The number of methoxy groups -OCH3 is 1. The number of amides is 1. The predicted octanol–water partition coefficient (Wildman–Crippen LogP) is 5.55. The van der Waals surface area contributed by atoms with Crippen molar-refractivity contribution in [3.8, 4) is 5.75 Å². The number of hydrogen-bond acceptors (Lipinski definition) is 8. The van der Waals surface area contributed by atoms with Gasteiger partial charge >= 0.3 is 0 Å². The minimum atomic E-state index is -4.17. The van der Waals surface area contributed by atoms with Crippen LogP contribution in [-0.2, 0) is 14.8 Å². The number of aromatic nitrogens is 2. The topological polar surface area (TPSA) is 148 Å². The number of benzene rings is 3. The number of carbonyl (C=O) groups is 1. The van der Waals surface area contributed by atoms with Crippen LogP contribution in [0.5, 0.6) is 5.75 Å². The largest absolute Gasteiger partial charge is 0.497 e. The van der Waals surface area contributed by atoms with E-state index in [1.54, 1.807) is 44.2 Å². The molecule has 3 aromatic carbocycles. The van der Waals surface area contributed by atoms with Crippen LogP contribution in [0.3, 0.4) is 0 Å². The van der Waals surface area contributed by atoms with E-state index >= 15 is 0 Å². The SMILES string of the molecule is CC=Cc1ccc2nc(NS(=O)(=O)c3cccc(NC(=O)C(C)(C)N)c3)c(Nc3cc(OC)ccc3Cl)nc2c1. The number of sulfonamides is 1. The number of ether oxygens (including phenoxy) is 1. The predicted molar refractivity (Wildman–Crippen MR) is 160 cm³/mol. The quantitative estimate of drug-likeness (QED) is 0.201. The third-order valence-electron chi connectivity index (χ3n) is 5.69. The highest BCUT2D eigenvalue weighted by atomic mass is 35.5. The molecule has 208 valence electrons. The highest BCUT2D eigenvalue weighted by molar-refractivity contribution is 7.92. The van der Waals surface area contributed by atoms with Crippen molar-refractivity contribution < 1.29 is 17.9 Å². The zero-order chi connectivity index (χ0) is 29.1. The first kappa shape index (κ1) is 28.8. The van der Waals surface area contributed by atoms with Crippen molar-refractivity contribution >= 4 is 67.7 Å². The Bertz CT molecular complexity index is 1720. The Morgan fingerprint density at radius 3 is 2.48 bits per heavy atom. The summed E-state index contributed by atoms with van der Waals surface area (Å²) < 4.78 is 34.8. The van der Waals surface area contributed by atoms with Gasteiger partial charge in [0.2, 0.25) is 5.91 Å². The van der Waals surface area contributed by atoms with Gasteiger partial charge in [0, 0.05) is 11.8 Å². The van der Waals surface area contributed by atoms with Gasteiger partial charge in [0.15, 0.2) is 11.6 Å². The highest BCUT2D eigenvalue weighted by Crippen LogP contribution is 2.33. The lowest BCUT2D eigenvalue weighted by Crippen LogP contribution is -2.45. The second-order valence-electron chi connectivity index (χ2n) is 9.45. The third-order valence-corrected chi connectivity index (χ3v) is 7.36. The van der Waals surface area contributed by atoms with E-state index < -0.39 is 21.5 Å². The first-order valence-electron chi connectivity index (χ1n) is 12.2. The Balaban J connectivity index is 1.77. The maximum atomic E-state index is 13.5. The highest BCUT2D eigenvalue weighted by Gasteiger charge is 2.24. The number of allylic oxidation sites excluding steroid dienone is 1. The van der Waals surface area contributed by atoms with Crippen LogP contribution in [0.4, 0.5) is 23.0 Å². The van der Waals surface area contributed by atoms with E-state index in [1.807, 2.05) is 31.2 Å². The van der Waals surface area contributed by atoms with Crippen LogP contribution in [0.25, 0.3) is 17.1 Å². The Morgan fingerprint density at radius 2 is 1.77 bits per heavy atom. The number of carbonyl (C=O) groups excluding carboxylic acids is 1. The van der Waals surface area contributed by atoms with E-state index in [-0.39, 0.29) is 22.2 Å². The Hall–Kier alpha value is -4.19. The molecule has 0 radical (unpaired) electrons. The standard InChI is InChI=1S/C28H29ClN6O4S/c1-5-7-17-10-13-22-24(14-17)34-25(33-23-16-19(39-4)11-12-21(23)29)26(32-22)35-40(37,38)20-9-6-8-18(15-20)31-27(36)28(2,3)30/h5-16H,30H2,1-4H3,(H,31,36)(H,32,35)(H,33,34). The van der Waals surface area contributed by atoms with E-state index in [0.29, 0.717) is 27.5 Å². The van der Waals surface area contributed by atoms with Crippen LogP contribution >= 0.6 is 11.6 Å². The molecule has 10 nitrogen and oxygen atoms in total. The summed E-state index contributed by atoms with van der Waals surface area (Å²) >= 11 is 6.40. The first-order valence-corrected chi connectivity index (χ1v) is 14.0. The molecule has 0 bridgehead atoms. The lowest BCUT2D eigenvalue weighted by atomic mass is 10.1. The maximum Gasteiger partial charge on any atom is 0.263 e. The molecule has 0 atom stereocenters. The van der Waals surface area contributed by atoms with Gasteiger partial charge < -0.3 is 21.1 Å². The lowest BCUT2D eigenvalue weighted by Gasteiger charge is -2.18. The van der Waals surface area contributed by atoms with Gasteiger partial charge in [0.05, 0.1) is 39.3 Å². The van der Waals surface area contributed by atoms with Gasteiger partial charge in [-0.05, 0) is 68.8 Å². The molecule has 0 aliphatic carbocycles. The zero-order valence-electron chi connectivity index (χ0n) is 22.3. The van der Waals surface area contributed by atoms with Crippen molar-refractivity contribution in [2.45, 2.75) is 31.2 Å². The summed E-state index contributed by atoms with van der Waals surface area (Å²) in [6.07, 6.45) is 3.82. The van der Waals surface area contributed by atoms with Crippen molar-refractivity contribution in [3.63, 3.8) is 0 Å². The van der Waals surface area contributed by atoms with E-state index in [4.69, 9.17) is 22.1 Å². The Morgan fingerprint density at radius 1 is 1.02 bits per heavy atom. The second kappa shape index (κ2) is 11.5.